The number of aromatic nitrogens is 3. The molecule has 0 aliphatic rings. The van der Waals surface area contributed by atoms with Crippen LogP contribution in [0.3, 0.4) is 0 Å². The van der Waals surface area contributed by atoms with Crippen molar-refractivity contribution in [3.8, 4) is 11.3 Å². The molecule has 0 spiro atoms. The number of nitrogen functional groups attached to an aromatic ring is 1. The Morgan fingerprint density at radius 2 is 1.73 bits per heavy atom. The predicted molar refractivity (Wildman–Crippen MR) is 129 cm³/mol. The van der Waals surface area contributed by atoms with Gasteiger partial charge in [0.2, 0.25) is 0 Å². The zero-order valence-electron chi connectivity index (χ0n) is 18.5. The second-order valence-electron chi connectivity index (χ2n) is 7.88. The minimum atomic E-state index is -0.524. The van der Waals surface area contributed by atoms with Crippen molar-refractivity contribution in [2.75, 3.05) is 10.6 Å². The number of aromatic amines is 1. The van der Waals surface area contributed by atoms with E-state index in [1.807, 2.05) is 78.6 Å². The van der Waals surface area contributed by atoms with Gasteiger partial charge >= 0.3 is 5.69 Å². The Labute approximate surface area is 191 Å². The number of nitrogens with zero attached hydrogens (tertiary/aromatic N) is 3. The molecule has 0 saturated carbocycles. The highest BCUT2D eigenvalue weighted by Crippen LogP contribution is 2.24. The van der Waals surface area contributed by atoms with E-state index in [2.05, 4.69) is 10.1 Å². The number of unbranched alkanes of at least 4 members (excludes halogenated alkanes) is 1. The molecule has 2 aromatic heterocycles. The van der Waals surface area contributed by atoms with Crippen LogP contribution in [0.2, 0.25) is 0 Å². The molecule has 33 heavy (non-hydrogen) atoms. The molecule has 0 fully saturated rings. The van der Waals surface area contributed by atoms with Crippen LogP contribution in [0.5, 0.6) is 0 Å². The lowest BCUT2D eigenvalue weighted by Gasteiger charge is -2.25. The normalized spacial score (nSPS) is 10.9. The predicted octanol–water partition coefficient (Wildman–Crippen LogP) is 3.78. The van der Waals surface area contributed by atoms with E-state index in [-0.39, 0.29) is 18.1 Å². The van der Waals surface area contributed by atoms with E-state index >= 15 is 0 Å². The first-order valence-electron chi connectivity index (χ1n) is 11.0. The van der Waals surface area contributed by atoms with Gasteiger partial charge in [0.05, 0.1) is 6.54 Å². The lowest BCUT2D eigenvalue weighted by molar-refractivity contribution is 0.382. The number of hydrogen-bond acceptors (Lipinski definition) is 6. The maximum Gasteiger partial charge on any atom is 0.330 e. The average Bonchev–Trinajstić information content (AvgIpc) is 3.28. The first-order chi connectivity index (χ1) is 16.1. The summed E-state index contributed by atoms with van der Waals surface area (Å²) in [6.45, 7) is 3.13. The second kappa shape index (κ2) is 10.0. The molecule has 4 aromatic rings. The Kier molecular flexibility index (Phi) is 6.73. The highest BCUT2D eigenvalue weighted by Gasteiger charge is 2.21. The minimum Gasteiger partial charge on any atom is -0.383 e. The van der Waals surface area contributed by atoms with Gasteiger partial charge in [-0.3, -0.25) is 14.3 Å². The number of nitrogens with two attached hydrogens (primary N) is 1. The molecule has 0 atom stereocenters. The molecule has 170 valence electrons. The van der Waals surface area contributed by atoms with Crippen LogP contribution in [0.15, 0.2) is 80.8 Å². The van der Waals surface area contributed by atoms with Crippen LogP contribution >= 0.6 is 0 Å². The first-order valence-corrected chi connectivity index (χ1v) is 11.0. The largest absolute Gasteiger partial charge is 0.383 e. The molecule has 0 amide bonds. The molecular formula is C25H27N5O3. The van der Waals surface area contributed by atoms with Crippen molar-refractivity contribution in [2.45, 2.75) is 39.4 Å². The quantitative estimate of drug-likeness (QED) is 0.406. The van der Waals surface area contributed by atoms with Gasteiger partial charge in [0.25, 0.3) is 5.56 Å². The number of H-pyrrole nitrogens is 1. The van der Waals surface area contributed by atoms with E-state index < -0.39 is 11.2 Å². The smallest absolute Gasteiger partial charge is 0.330 e. The van der Waals surface area contributed by atoms with Crippen molar-refractivity contribution in [3.05, 3.63) is 98.9 Å². The van der Waals surface area contributed by atoms with E-state index in [0.29, 0.717) is 24.5 Å². The van der Waals surface area contributed by atoms with Crippen LogP contribution in [-0.4, -0.2) is 14.7 Å². The van der Waals surface area contributed by atoms with E-state index in [1.165, 1.54) is 4.57 Å². The maximum atomic E-state index is 12.9. The third-order valence-corrected chi connectivity index (χ3v) is 5.46. The molecule has 0 aliphatic heterocycles. The van der Waals surface area contributed by atoms with E-state index in [0.717, 1.165) is 24.0 Å². The Balaban J connectivity index is 1.73. The molecule has 2 heterocycles. The molecule has 0 radical (unpaired) electrons. The van der Waals surface area contributed by atoms with Crippen LogP contribution in [0, 0.1) is 0 Å². The SMILES string of the molecule is CCCCn1c(N)c(N(Cc2ccccc2)Cc2cc(-c3ccccc3)no2)c(=O)[nH]c1=O. The van der Waals surface area contributed by atoms with Gasteiger partial charge < -0.3 is 15.2 Å². The summed E-state index contributed by atoms with van der Waals surface area (Å²) in [6, 6.07) is 21.3. The molecule has 0 unspecified atom stereocenters. The number of hydrogen-bond donors (Lipinski definition) is 2. The fraction of sp³-hybridized carbons (Fsp3) is 0.240. The molecule has 8 nitrogen and oxygen atoms in total. The van der Waals surface area contributed by atoms with Crippen LogP contribution in [0.1, 0.15) is 31.1 Å². The molecule has 3 N–H and O–H groups in total. The standard InChI is InChI=1S/C25H27N5O3/c1-2-3-14-30-23(26)22(24(31)27-25(30)32)29(16-18-10-6-4-7-11-18)17-20-15-21(28-33-20)19-12-8-5-9-13-19/h4-13,15H,2-3,14,16-17,26H2,1H3,(H,27,31,32). The fourth-order valence-corrected chi connectivity index (χ4v) is 3.76. The van der Waals surface area contributed by atoms with Gasteiger partial charge in [0.1, 0.15) is 17.2 Å². The van der Waals surface area contributed by atoms with Crippen molar-refractivity contribution in [2.24, 2.45) is 0 Å². The molecular weight excluding hydrogens is 418 g/mol. The molecule has 4 rings (SSSR count). The number of rotatable bonds is 9. The van der Waals surface area contributed by atoms with Gasteiger partial charge in [-0.2, -0.15) is 0 Å². The molecule has 0 aliphatic carbocycles. The van der Waals surface area contributed by atoms with Crippen LogP contribution in [-0.2, 0) is 19.6 Å². The zero-order valence-corrected chi connectivity index (χ0v) is 18.5. The Morgan fingerprint density at radius 3 is 2.42 bits per heavy atom. The van der Waals surface area contributed by atoms with Gasteiger partial charge in [-0.15, -0.1) is 0 Å². The van der Waals surface area contributed by atoms with Crippen LogP contribution in [0.4, 0.5) is 11.5 Å². The number of nitrogens with one attached hydrogen (secondary N) is 1. The van der Waals surface area contributed by atoms with Crippen molar-refractivity contribution in [1.82, 2.24) is 14.7 Å². The average molecular weight is 446 g/mol. The monoisotopic (exact) mass is 445 g/mol. The minimum absolute atomic E-state index is 0.149. The highest BCUT2D eigenvalue weighted by molar-refractivity contribution is 5.63. The summed E-state index contributed by atoms with van der Waals surface area (Å²) in [7, 11) is 0. The summed E-state index contributed by atoms with van der Waals surface area (Å²) >= 11 is 0. The highest BCUT2D eigenvalue weighted by atomic mass is 16.5. The van der Waals surface area contributed by atoms with E-state index in [4.69, 9.17) is 10.3 Å². The zero-order chi connectivity index (χ0) is 23.2. The molecule has 2 aromatic carbocycles. The Morgan fingerprint density at radius 1 is 1.03 bits per heavy atom. The lowest BCUT2D eigenvalue weighted by atomic mass is 10.1. The first kappa shape index (κ1) is 22.1. The van der Waals surface area contributed by atoms with Crippen LogP contribution in [0.25, 0.3) is 11.3 Å². The summed E-state index contributed by atoms with van der Waals surface area (Å²) in [5.74, 6) is 0.728. The Hall–Kier alpha value is -4.07. The molecule has 0 bridgehead atoms. The van der Waals surface area contributed by atoms with Gasteiger partial charge in [0, 0.05) is 24.7 Å². The van der Waals surface area contributed by atoms with Crippen molar-refractivity contribution in [1.29, 1.82) is 0 Å². The van der Waals surface area contributed by atoms with Gasteiger partial charge in [-0.25, -0.2) is 4.79 Å². The van der Waals surface area contributed by atoms with E-state index in [9.17, 15) is 9.59 Å². The third-order valence-electron chi connectivity index (χ3n) is 5.46. The van der Waals surface area contributed by atoms with Gasteiger partial charge in [-0.05, 0) is 12.0 Å². The molecule has 0 saturated heterocycles. The van der Waals surface area contributed by atoms with Crippen molar-refractivity contribution >= 4 is 11.5 Å². The topological polar surface area (TPSA) is 110 Å². The summed E-state index contributed by atoms with van der Waals surface area (Å²) < 4.78 is 7.02. The summed E-state index contributed by atoms with van der Waals surface area (Å²) in [6.07, 6.45) is 1.67. The van der Waals surface area contributed by atoms with Gasteiger partial charge in [0.15, 0.2) is 5.76 Å². The fourth-order valence-electron chi connectivity index (χ4n) is 3.76. The maximum absolute atomic E-state index is 12.9. The number of anilines is 2. The van der Waals surface area contributed by atoms with Crippen molar-refractivity contribution < 1.29 is 4.52 Å². The number of benzene rings is 2. The summed E-state index contributed by atoms with van der Waals surface area (Å²) in [4.78, 5) is 29.5. The van der Waals surface area contributed by atoms with Crippen LogP contribution < -0.4 is 21.9 Å². The third kappa shape index (κ3) is 5.06. The Bertz CT molecular complexity index is 1310. The summed E-state index contributed by atoms with van der Waals surface area (Å²) in [5, 5.41) is 4.18. The summed E-state index contributed by atoms with van der Waals surface area (Å²) in [5.41, 5.74) is 8.24. The molecule has 8 heteroatoms. The van der Waals surface area contributed by atoms with E-state index in [1.54, 1.807) is 0 Å². The second-order valence-corrected chi connectivity index (χ2v) is 7.88. The van der Waals surface area contributed by atoms with Crippen molar-refractivity contribution in [3.63, 3.8) is 0 Å². The van der Waals surface area contributed by atoms with Gasteiger partial charge in [-0.1, -0.05) is 79.2 Å². The lowest BCUT2D eigenvalue weighted by Crippen LogP contribution is -2.38.